The molecule has 6 nitrogen and oxygen atoms in total. The molecule has 2 aromatic rings. The quantitative estimate of drug-likeness (QED) is 0.618. The summed E-state index contributed by atoms with van der Waals surface area (Å²) in [5.41, 5.74) is 0.112. The Morgan fingerprint density at radius 3 is 2.33 bits per heavy atom. The molecule has 1 aromatic carbocycles. The molecule has 0 saturated heterocycles. The van der Waals surface area contributed by atoms with Crippen molar-refractivity contribution in [2.45, 2.75) is 62.9 Å². The van der Waals surface area contributed by atoms with E-state index in [2.05, 4.69) is 12.2 Å². The van der Waals surface area contributed by atoms with Gasteiger partial charge < -0.3 is 9.73 Å². The number of carbonyl (C=O) groups excluding carboxylic acids is 1. The fourth-order valence-electron chi connectivity index (χ4n) is 6.90. The molecule has 178 valence electrons. The molecule has 0 radical (unpaired) electrons. The molecule has 4 aliphatic carbocycles. The number of sulfonamides is 1. The van der Waals surface area contributed by atoms with E-state index in [-0.39, 0.29) is 23.9 Å². The number of nitrogens with one attached hydrogen (secondary N) is 1. The smallest absolute Gasteiger partial charge is 0.246 e. The molecule has 6 rings (SSSR count). The molecule has 0 spiro atoms. The Kier molecular flexibility index (Phi) is 5.85. The van der Waals surface area contributed by atoms with E-state index in [1.807, 2.05) is 0 Å². The normalized spacial score (nSPS) is 29.4. The maximum absolute atomic E-state index is 14.4. The zero-order valence-electron chi connectivity index (χ0n) is 18.9. The molecule has 4 fully saturated rings. The van der Waals surface area contributed by atoms with Gasteiger partial charge in [0.2, 0.25) is 15.9 Å². The highest BCUT2D eigenvalue weighted by Gasteiger charge is 2.53. The third-order valence-electron chi connectivity index (χ3n) is 8.07. The van der Waals surface area contributed by atoms with Gasteiger partial charge in [-0.1, -0.05) is 12.1 Å². The van der Waals surface area contributed by atoms with Crippen LogP contribution in [0.2, 0.25) is 0 Å². The van der Waals surface area contributed by atoms with Crippen LogP contribution in [0.25, 0.3) is 0 Å². The molecule has 4 aliphatic rings. The van der Waals surface area contributed by atoms with Crippen LogP contribution in [0.4, 0.5) is 4.39 Å². The van der Waals surface area contributed by atoms with Gasteiger partial charge in [0, 0.05) is 6.04 Å². The topological polar surface area (TPSA) is 79.6 Å². The van der Waals surface area contributed by atoms with E-state index in [1.165, 1.54) is 43.7 Å². The third-order valence-corrected chi connectivity index (χ3v) is 9.89. The van der Waals surface area contributed by atoms with Crippen molar-refractivity contribution >= 4 is 15.9 Å². The molecule has 0 aliphatic heterocycles. The minimum Gasteiger partial charge on any atom is -0.468 e. The number of benzene rings is 1. The molecule has 1 unspecified atom stereocenters. The summed E-state index contributed by atoms with van der Waals surface area (Å²) in [6, 6.07) is 8.49. The first-order chi connectivity index (χ1) is 15.7. The maximum atomic E-state index is 14.4. The molecular weight excluding hydrogens is 443 g/mol. The lowest BCUT2D eigenvalue weighted by Gasteiger charge is -2.59. The fourth-order valence-corrected chi connectivity index (χ4v) is 8.33. The number of nitrogens with zero attached hydrogens (tertiary/aromatic N) is 1. The molecule has 1 atom stereocenters. The van der Waals surface area contributed by atoms with E-state index in [0.717, 1.165) is 47.4 Å². The zero-order chi connectivity index (χ0) is 23.2. The van der Waals surface area contributed by atoms with Crippen molar-refractivity contribution in [3.63, 3.8) is 0 Å². The third kappa shape index (κ3) is 4.35. The van der Waals surface area contributed by atoms with Crippen LogP contribution in [0.15, 0.2) is 52.0 Å². The largest absolute Gasteiger partial charge is 0.468 e. The van der Waals surface area contributed by atoms with Crippen molar-refractivity contribution in [3.05, 3.63) is 54.2 Å². The van der Waals surface area contributed by atoms with E-state index in [9.17, 15) is 17.6 Å². The molecule has 1 amide bonds. The maximum Gasteiger partial charge on any atom is 0.246 e. The van der Waals surface area contributed by atoms with E-state index in [0.29, 0.717) is 5.76 Å². The first-order valence-electron chi connectivity index (χ1n) is 11.8. The summed E-state index contributed by atoms with van der Waals surface area (Å²) in [6.07, 6.45) is 8.82. The van der Waals surface area contributed by atoms with Gasteiger partial charge in [-0.2, -0.15) is 4.31 Å². The van der Waals surface area contributed by atoms with Gasteiger partial charge in [0.1, 0.15) is 16.5 Å². The molecule has 33 heavy (non-hydrogen) atoms. The summed E-state index contributed by atoms with van der Waals surface area (Å²) in [7, 11) is -4.25. The molecule has 4 bridgehead atoms. The van der Waals surface area contributed by atoms with Crippen LogP contribution < -0.4 is 5.32 Å². The second kappa shape index (κ2) is 8.55. The average molecular weight is 475 g/mol. The lowest BCUT2D eigenvalue weighted by molar-refractivity contribution is -0.126. The van der Waals surface area contributed by atoms with E-state index >= 15 is 0 Å². The Morgan fingerprint density at radius 2 is 1.76 bits per heavy atom. The van der Waals surface area contributed by atoms with Crippen LogP contribution in [0.5, 0.6) is 0 Å². The number of hydrogen-bond donors (Lipinski definition) is 1. The lowest BCUT2D eigenvalue weighted by atomic mass is 9.48. The highest BCUT2D eigenvalue weighted by molar-refractivity contribution is 7.89. The zero-order valence-corrected chi connectivity index (χ0v) is 19.7. The van der Waals surface area contributed by atoms with Crippen LogP contribution in [0.3, 0.4) is 0 Å². The standard InChI is InChI=1S/C25H31FN2O4S/c1-17(25-12-18-9-19(13-25)11-20(10-18)14-25)27-24(29)16-28(15-21-5-4-8-32-21)33(30,31)23-7-3-2-6-22(23)26/h2-8,17-20H,9-16H2,1H3,(H,27,29). The number of hydrogen-bond acceptors (Lipinski definition) is 4. The number of halogens is 1. The Hall–Kier alpha value is -2.19. The van der Waals surface area contributed by atoms with E-state index in [1.54, 1.807) is 12.1 Å². The molecule has 1 heterocycles. The summed E-state index contributed by atoms with van der Waals surface area (Å²) < 4.78 is 47.3. The van der Waals surface area contributed by atoms with Gasteiger partial charge in [-0.15, -0.1) is 0 Å². The van der Waals surface area contributed by atoms with Crippen molar-refractivity contribution in [2.75, 3.05) is 6.54 Å². The Morgan fingerprint density at radius 1 is 1.12 bits per heavy atom. The lowest BCUT2D eigenvalue weighted by Crippen LogP contribution is -2.56. The number of furan rings is 1. The Balaban J connectivity index is 1.34. The number of rotatable bonds is 8. The summed E-state index contributed by atoms with van der Waals surface area (Å²) in [5.74, 6) is 1.44. The second-order valence-corrected chi connectivity index (χ2v) is 12.3. The molecule has 1 N–H and O–H groups in total. The molecule has 4 saturated carbocycles. The molecular formula is C25H31FN2O4S. The predicted molar refractivity (Wildman–Crippen MR) is 121 cm³/mol. The van der Waals surface area contributed by atoms with Crippen molar-refractivity contribution in [1.82, 2.24) is 9.62 Å². The summed E-state index contributed by atoms with van der Waals surface area (Å²) >= 11 is 0. The SMILES string of the molecule is CC(NC(=O)CN(Cc1ccco1)S(=O)(=O)c1ccccc1F)C12CC3CC(CC(C3)C1)C2. The van der Waals surface area contributed by atoms with Crippen molar-refractivity contribution < 1.29 is 22.0 Å². The fraction of sp³-hybridized carbons (Fsp3) is 0.560. The summed E-state index contributed by atoms with van der Waals surface area (Å²) in [5, 5.41) is 3.12. The molecule has 1 aromatic heterocycles. The van der Waals surface area contributed by atoms with E-state index in [4.69, 9.17) is 4.42 Å². The summed E-state index contributed by atoms with van der Waals surface area (Å²) in [4.78, 5) is 12.7. The predicted octanol–water partition coefficient (Wildman–Crippen LogP) is 4.33. The van der Waals surface area contributed by atoms with Crippen LogP contribution >= 0.6 is 0 Å². The minimum absolute atomic E-state index is 0.0278. The minimum atomic E-state index is -4.25. The number of carbonyl (C=O) groups is 1. The first kappa shape index (κ1) is 22.6. The average Bonchev–Trinajstić information content (AvgIpc) is 3.25. The Bertz CT molecular complexity index is 1080. The van der Waals surface area contributed by atoms with Crippen molar-refractivity contribution in [2.24, 2.45) is 23.2 Å². The van der Waals surface area contributed by atoms with Gasteiger partial charge in [0.05, 0.1) is 19.4 Å². The Labute approximate surface area is 194 Å². The highest BCUT2D eigenvalue weighted by Crippen LogP contribution is 2.61. The summed E-state index contributed by atoms with van der Waals surface area (Å²) in [6.45, 7) is 1.52. The van der Waals surface area contributed by atoms with Gasteiger partial charge in [0.25, 0.3) is 0 Å². The first-order valence-corrected chi connectivity index (χ1v) is 13.3. The van der Waals surface area contributed by atoms with Crippen LogP contribution in [-0.4, -0.2) is 31.2 Å². The van der Waals surface area contributed by atoms with Crippen molar-refractivity contribution in [1.29, 1.82) is 0 Å². The van der Waals surface area contributed by atoms with Gasteiger partial charge in [0.15, 0.2) is 0 Å². The van der Waals surface area contributed by atoms with Gasteiger partial charge in [-0.25, -0.2) is 12.8 Å². The highest BCUT2D eigenvalue weighted by atomic mass is 32.2. The molecule has 8 heteroatoms. The monoisotopic (exact) mass is 474 g/mol. The second-order valence-electron chi connectivity index (χ2n) is 10.4. The van der Waals surface area contributed by atoms with Crippen LogP contribution in [0.1, 0.15) is 51.2 Å². The number of amides is 1. The van der Waals surface area contributed by atoms with Gasteiger partial charge >= 0.3 is 0 Å². The van der Waals surface area contributed by atoms with Crippen LogP contribution in [0, 0.1) is 29.0 Å². The van der Waals surface area contributed by atoms with Crippen LogP contribution in [-0.2, 0) is 21.4 Å². The van der Waals surface area contributed by atoms with Crippen molar-refractivity contribution in [3.8, 4) is 0 Å². The van der Waals surface area contributed by atoms with Gasteiger partial charge in [-0.05, 0) is 92.9 Å². The van der Waals surface area contributed by atoms with E-state index < -0.39 is 27.3 Å². The van der Waals surface area contributed by atoms with Gasteiger partial charge in [-0.3, -0.25) is 4.79 Å².